The standard InChI is InChI=1S/C19H24N2O5/c1-12-15(26-17(20-12)13-8-6-5-7-9-13)16(22)21-14(18(23)24)10-11-25-19(2,3)4/h5-9,14H,10-11H2,1-4H3,(H,21,22)(H,23,24). The molecule has 140 valence electrons. The fourth-order valence-electron chi connectivity index (χ4n) is 2.28. The number of aryl methyl sites for hydroxylation is 1. The van der Waals surface area contributed by atoms with Gasteiger partial charge in [-0.1, -0.05) is 18.2 Å². The van der Waals surface area contributed by atoms with Crippen molar-refractivity contribution in [3.05, 3.63) is 41.8 Å². The second kappa shape index (κ2) is 8.14. The van der Waals surface area contributed by atoms with Gasteiger partial charge in [0, 0.05) is 18.6 Å². The highest BCUT2D eigenvalue weighted by atomic mass is 16.5. The molecule has 0 aliphatic heterocycles. The lowest BCUT2D eigenvalue weighted by molar-refractivity contribution is -0.140. The van der Waals surface area contributed by atoms with E-state index in [1.807, 2.05) is 51.1 Å². The van der Waals surface area contributed by atoms with Crippen LogP contribution in [-0.2, 0) is 9.53 Å². The molecule has 0 fully saturated rings. The molecule has 1 amide bonds. The maximum atomic E-state index is 12.4. The number of hydrogen-bond acceptors (Lipinski definition) is 5. The Morgan fingerprint density at radius 3 is 2.50 bits per heavy atom. The van der Waals surface area contributed by atoms with Gasteiger partial charge in [-0.2, -0.15) is 0 Å². The Hall–Kier alpha value is -2.67. The molecule has 1 heterocycles. The van der Waals surface area contributed by atoms with E-state index < -0.39 is 17.9 Å². The van der Waals surface area contributed by atoms with Crippen molar-refractivity contribution in [2.45, 2.75) is 45.8 Å². The van der Waals surface area contributed by atoms with Crippen molar-refractivity contribution in [3.8, 4) is 11.5 Å². The average Bonchev–Trinajstić information content (AvgIpc) is 2.95. The number of aliphatic carboxylic acids is 1. The van der Waals surface area contributed by atoms with Gasteiger partial charge in [-0.15, -0.1) is 0 Å². The first-order valence-electron chi connectivity index (χ1n) is 8.38. The Labute approximate surface area is 152 Å². The van der Waals surface area contributed by atoms with Crippen molar-refractivity contribution in [2.24, 2.45) is 0 Å². The molecular weight excluding hydrogens is 336 g/mol. The predicted molar refractivity (Wildman–Crippen MR) is 95.9 cm³/mol. The van der Waals surface area contributed by atoms with Crippen molar-refractivity contribution in [3.63, 3.8) is 0 Å². The van der Waals surface area contributed by atoms with Gasteiger partial charge in [0.25, 0.3) is 5.91 Å². The fourth-order valence-corrected chi connectivity index (χ4v) is 2.28. The molecule has 7 heteroatoms. The maximum Gasteiger partial charge on any atom is 0.326 e. The van der Waals surface area contributed by atoms with Crippen LogP contribution >= 0.6 is 0 Å². The third kappa shape index (κ3) is 5.42. The summed E-state index contributed by atoms with van der Waals surface area (Å²) in [6, 6.07) is 8.10. The van der Waals surface area contributed by atoms with E-state index >= 15 is 0 Å². The van der Waals surface area contributed by atoms with Crippen molar-refractivity contribution in [2.75, 3.05) is 6.61 Å². The van der Waals surface area contributed by atoms with E-state index in [1.54, 1.807) is 6.92 Å². The van der Waals surface area contributed by atoms with Crippen LogP contribution in [0.2, 0.25) is 0 Å². The van der Waals surface area contributed by atoms with Crippen LogP contribution in [0.1, 0.15) is 43.4 Å². The van der Waals surface area contributed by atoms with Gasteiger partial charge in [-0.3, -0.25) is 4.79 Å². The van der Waals surface area contributed by atoms with Gasteiger partial charge >= 0.3 is 5.97 Å². The molecule has 0 aliphatic carbocycles. The van der Waals surface area contributed by atoms with Gasteiger partial charge < -0.3 is 19.6 Å². The highest BCUT2D eigenvalue weighted by molar-refractivity contribution is 5.95. The summed E-state index contributed by atoms with van der Waals surface area (Å²) in [6.07, 6.45) is 0.150. The first-order valence-corrected chi connectivity index (χ1v) is 8.38. The Kier molecular flexibility index (Phi) is 6.15. The van der Waals surface area contributed by atoms with Gasteiger partial charge in [0.05, 0.1) is 11.3 Å². The van der Waals surface area contributed by atoms with Gasteiger partial charge in [-0.25, -0.2) is 9.78 Å². The van der Waals surface area contributed by atoms with E-state index in [9.17, 15) is 14.7 Å². The lowest BCUT2D eigenvalue weighted by Gasteiger charge is -2.21. The Balaban J connectivity index is 2.07. The molecule has 1 atom stereocenters. The molecule has 7 nitrogen and oxygen atoms in total. The van der Waals surface area contributed by atoms with E-state index in [1.165, 1.54) is 0 Å². The number of carbonyl (C=O) groups excluding carboxylic acids is 1. The van der Waals surface area contributed by atoms with Crippen LogP contribution in [0, 0.1) is 6.92 Å². The second-order valence-electron chi connectivity index (χ2n) is 6.91. The number of oxazole rings is 1. The number of carbonyl (C=O) groups is 2. The van der Waals surface area contributed by atoms with Crippen LogP contribution in [0.5, 0.6) is 0 Å². The number of carboxylic acid groups (broad SMARTS) is 1. The molecule has 0 radical (unpaired) electrons. The first kappa shape index (κ1) is 19.7. The highest BCUT2D eigenvalue weighted by Gasteiger charge is 2.25. The molecule has 0 bridgehead atoms. The number of rotatable bonds is 7. The fraction of sp³-hybridized carbons (Fsp3) is 0.421. The van der Waals surface area contributed by atoms with Crippen LogP contribution in [-0.4, -0.2) is 40.2 Å². The number of aromatic nitrogens is 1. The molecule has 2 rings (SSSR count). The average molecular weight is 360 g/mol. The van der Waals surface area contributed by atoms with E-state index in [-0.39, 0.29) is 24.4 Å². The van der Waals surface area contributed by atoms with Gasteiger partial charge in [0.1, 0.15) is 6.04 Å². The molecule has 2 aromatic rings. The molecular formula is C19H24N2O5. The van der Waals surface area contributed by atoms with Crippen molar-refractivity contribution < 1.29 is 23.8 Å². The number of nitrogens with one attached hydrogen (secondary N) is 1. The largest absolute Gasteiger partial charge is 0.480 e. The zero-order chi connectivity index (χ0) is 19.3. The van der Waals surface area contributed by atoms with Gasteiger partial charge in [0.2, 0.25) is 11.7 Å². The maximum absolute atomic E-state index is 12.4. The SMILES string of the molecule is Cc1nc(-c2ccccc2)oc1C(=O)NC(CCOC(C)(C)C)C(=O)O. The van der Waals surface area contributed by atoms with Crippen LogP contribution in [0.4, 0.5) is 0 Å². The highest BCUT2D eigenvalue weighted by Crippen LogP contribution is 2.21. The molecule has 0 spiro atoms. The molecule has 1 unspecified atom stereocenters. The number of benzene rings is 1. The number of hydrogen-bond donors (Lipinski definition) is 2. The number of carboxylic acids is 1. The third-order valence-electron chi connectivity index (χ3n) is 3.57. The summed E-state index contributed by atoms with van der Waals surface area (Å²) in [5.74, 6) is -1.42. The van der Waals surface area contributed by atoms with Crippen LogP contribution in [0.25, 0.3) is 11.5 Å². The molecule has 1 aromatic carbocycles. The molecule has 0 saturated heterocycles. The quantitative estimate of drug-likeness (QED) is 0.787. The molecule has 2 N–H and O–H groups in total. The Morgan fingerprint density at radius 1 is 1.27 bits per heavy atom. The van der Waals surface area contributed by atoms with Crippen molar-refractivity contribution >= 4 is 11.9 Å². The lowest BCUT2D eigenvalue weighted by Crippen LogP contribution is -2.42. The summed E-state index contributed by atoms with van der Waals surface area (Å²) in [4.78, 5) is 28.1. The van der Waals surface area contributed by atoms with Crippen molar-refractivity contribution in [1.29, 1.82) is 0 Å². The van der Waals surface area contributed by atoms with Crippen LogP contribution < -0.4 is 5.32 Å². The summed E-state index contributed by atoms with van der Waals surface area (Å²) >= 11 is 0. The molecule has 0 aliphatic rings. The smallest absolute Gasteiger partial charge is 0.326 e. The minimum atomic E-state index is -1.13. The zero-order valence-electron chi connectivity index (χ0n) is 15.4. The number of ether oxygens (including phenoxy) is 1. The number of nitrogens with zero attached hydrogens (tertiary/aromatic N) is 1. The zero-order valence-corrected chi connectivity index (χ0v) is 15.4. The lowest BCUT2D eigenvalue weighted by atomic mass is 10.1. The Morgan fingerprint density at radius 2 is 1.92 bits per heavy atom. The van der Waals surface area contributed by atoms with E-state index in [2.05, 4.69) is 10.3 Å². The summed E-state index contributed by atoms with van der Waals surface area (Å²) in [6.45, 7) is 7.49. The van der Waals surface area contributed by atoms with Gasteiger partial charge in [-0.05, 0) is 39.8 Å². The monoisotopic (exact) mass is 360 g/mol. The summed E-state index contributed by atoms with van der Waals surface area (Å²) in [5.41, 5.74) is 0.763. The van der Waals surface area contributed by atoms with Crippen LogP contribution in [0.3, 0.4) is 0 Å². The van der Waals surface area contributed by atoms with E-state index in [4.69, 9.17) is 9.15 Å². The topological polar surface area (TPSA) is 102 Å². The third-order valence-corrected chi connectivity index (χ3v) is 3.57. The summed E-state index contributed by atoms with van der Waals surface area (Å²) in [5, 5.41) is 11.8. The number of amides is 1. The van der Waals surface area contributed by atoms with E-state index in [0.29, 0.717) is 11.6 Å². The molecule has 1 aromatic heterocycles. The van der Waals surface area contributed by atoms with Crippen LogP contribution in [0.15, 0.2) is 34.7 Å². The van der Waals surface area contributed by atoms with Crippen molar-refractivity contribution in [1.82, 2.24) is 10.3 Å². The summed E-state index contributed by atoms with van der Waals surface area (Å²) in [7, 11) is 0. The normalized spacial score (nSPS) is 12.6. The minimum absolute atomic E-state index is 0.00634. The summed E-state index contributed by atoms with van der Waals surface area (Å²) < 4.78 is 11.1. The molecule has 26 heavy (non-hydrogen) atoms. The first-order chi connectivity index (χ1) is 12.2. The predicted octanol–water partition coefficient (Wildman–Crippen LogP) is 3.04. The van der Waals surface area contributed by atoms with Gasteiger partial charge in [0.15, 0.2) is 0 Å². The Bertz CT molecular complexity index is 762. The van der Waals surface area contributed by atoms with E-state index in [0.717, 1.165) is 5.56 Å². The second-order valence-corrected chi connectivity index (χ2v) is 6.91. The minimum Gasteiger partial charge on any atom is -0.480 e. The molecule has 0 saturated carbocycles.